The van der Waals surface area contributed by atoms with Crippen LogP contribution >= 0.6 is 0 Å². The van der Waals surface area contributed by atoms with E-state index in [1.54, 1.807) is 6.92 Å². The van der Waals surface area contributed by atoms with Crippen LogP contribution in [0.25, 0.3) is 0 Å². The number of aliphatic hydroxyl groups excluding tert-OH is 1. The van der Waals surface area contributed by atoms with E-state index in [4.69, 9.17) is 10.5 Å². The number of carbonyl (C=O) groups excluding carboxylic acids is 1. The van der Waals surface area contributed by atoms with Gasteiger partial charge in [-0.2, -0.15) is 0 Å². The first kappa shape index (κ1) is 9.48. The fourth-order valence-electron chi connectivity index (χ4n) is 1.50. The van der Waals surface area contributed by atoms with Gasteiger partial charge in [0.1, 0.15) is 0 Å². The molecule has 1 aliphatic carbocycles. The SMILES string of the molecule is CCOC(=O)[C@@H]1C[C@H](N)[C@@H](O)C1. The van der Waals surface area contributed by atoms with Crippen LogP contribution in [0.1, 0.15) is 19.8 Å². The van der Waals surface area contributed by atoms with Crippen molar-refractivity contribution in [2.45, 2.75) is 31.9 Å². The summed E-state index contributed by atoms with van der Waals surface area (Å²) >= 11 is 0. The maximum Gasteiger partial charge on any atom is 0.309 e. The van der Waals surface area contributed by atoms with Crippen molar-refractivity contribution in [1.82, 2.24) is 0 Å². The number of hydrogen-bond acceptors (Lipinski definition) is 4. The van der Waals surface area contributed by atoms with E-state index in [2.05, 4.69) is 0 Å². The van der Waals surface area contributed by atoms with Crippen LogP contribution in [-0.4, -0.2) is 29.8 Å². The largest absolute Gasteiger partial charge is 0.466 e. The van der Waals surface area contributed by atoms with Gasteiger partial charge in [0.25, 0.3) is 0 Å². The summed E-state index contributed by atoms with van der Waals surface area (Å²) in [6.45, 7) is 2.16. The highest BCUT2D eigenvalue weighted by Crippen LogP contribution is 2.25. The van der Waals surface area contributed by atoms with Gasteiger partial charge in [0.2, 0.25) is 0 Å². The van der Waals surface area contributed by atoms with E-state index in [0.29, 0.717) is 19.4 Å². The van der Waals surface area contributed by atoms with Gasteiger partial charge in [0.05, 0.1) is 18.6 Å². The van der Waals surface area contributed by atoms with E-state index >= 15 is 0 Å². The Balaban J connectivity index is 2.40. The predicted molar refractivity (Wildman–Crippen MR) is 43.3 cm³/mol. The number of rotatable bonds is 2. The Hall–Kier alpha value is -0.610. The van der Waals surface area contributed by atoms with Crippen LogP contribution in [0.2, 0.25) is 0 Å². The number of nitrogens with two attached hydrogens (primary N) is 1. The molecule has 0 heterocycles. The third-order valence-corrected chi connectivity index (χ3v) is 2.20. The van der Waals surface area contributed by atoms with Crippen LogP contribution in [0.4, 0.5) is 0 Å². The summed E-state index contributed by atoms with van der Waals surface area (Å²) in [5, 5.41) is 9.25. The topological polar surface area (TPSA) is 72.5 Å². The standard InChI is InChI=1S/C8H15NO3/c1-2-12-8(11)5-3-6(9)7(10)4-5/h5-7,10H,2-4,9H2,1H3/t5-,6+,7+/m1/s1. The molecule has 3 atom stereocenters. The van der Waals surface area contributed by atoms with Gasteiger partial charge in [-0.05, 0) is 19.8 Å². The molecule has 0 aliphatic heterocycles. The molecule has 0 saturated heterocycles. The maximum absolute atomic E-state index is 11.1. The Labute approximate surface area is 71.7 Å². The smallest absolute Gasteiger partial charge is 0.309 e. The van der Waals surface area contributed by atoms with Crippen LogP contribution in [0.5, 0.6) is 0 Å². The minimum atomic E-state index is -0.542. The van der Waals surface area contributed by atoms with Crippen molar-refractivity contribution in [2.24, 2.45) is 11.7 Å². The molecule has 0 aromatic rings. The predicted octanol–water partition coefficient (Wildman–Crippen LogP) is -0.352. The highest BCUT2D eigenvalue weighted by molar-refractivity contribution is 5.73. The highest BCUT2D eigenvalue weighted by Gasteiger charge is 2.35. The van der Waals surface area contributed by atoms with E-state index in [-0.39, 0.29) is 17.9 Å². The van der Waals surface area contributed by atoms with Crippen LogP contribution in [-0.2, 0) is 9.53 Å². The van der Waals surface area contributed by atoms with Gasteiger partial charge in [0, 0.05) is 6.04 Å². The molecule has 12 heavy (non-hydrogen) atoms. The molecule has 1 saturated carbocycles. The Bertz CT molecular complexity index is 162. The first-order valence-electron chi connectivity index (χ1n) is 4.25. The molecule has 0 aromatic carbocycles. The summed E-state index contributed by atoms with van der Waals surface area (Å²) in [6, 6.07) is -0.264. The summed E-state index contributed by atoms with van der Waals surface area (Å²) < 4.78 is 4.82. The van der Waals surface area contributed by atoms with Crippen molar-refractivity contribution in [3.05, 3.63) is 0 Å². The fraction of sp³-hybridized carbons (Fsp3) is 0.875. The quantitative estimate of drug-likeness (QED) is 0.560. The first-order chi connectivity index (χ1) is 5.65. The molecule has 1 aliphatic rings. The van der Waals surface area contributed by atoms with Gasteiger partial charge in [-0.3, -0.25) is 4.79 Å². The number of esters is 1. The van der Waals surface area contributed by atoms with Gasteiger partial charge in [-0.15, -0.1) is 0 Å². The van der Waals surface area contributed by atoms with Crippen LogP contribution < -0.4 is 5.73 Å². The van der Waals surface area contributed by atoms with E-state index in [1.165, 1.54) is 0 Å². The number of ether oxygens (including phenoxy) is 1. The first-order valence-corrected chi connectivity index (χ1v) is 4.25. The second-order valence-electron chi connectivity index (χ2n) is 3.15. The van der Waals surface area contributed by atoms with Gasteiger partial charge in [-0.25, -0.2) is 0 Å². The van der Waals surface area contributed by atoms with Crippen LogP contribution in [0.15, 0.2) is 0 Å². The Kier molecular flexibility index (Phi) is 3.05. The zero-order valence-electron chi connectivity index (χ0n) is 7.19. The lowest BCUT2D eigenvalue weighted by Crippen LogP contribution is -2.28. The van der Waals surface area contributed by atoms with Crippen molar-refractivity contribution in [1.29, 1.82) is 0 Å². The average Bonchev–Trinajstić information content (AvgIpc) is 2.33. The third-order valence-electron chi connectivity index (χ3n) is 2.20. The summed E-state index contributed by atoms with van der Waals surface area (Å²) in [6.07, 6.45) is 0.444. The van der Waals surface area contributed by atoms with Crippen LogP contribution in [0, 0.1) is 5.92 Å². The third kappa shape index (κ3) is 1.95. The molecule has 0 aromatic heterocycles. The Morgan fingerprint density at radius 2 is 2.33 bits per heavy atom. The van der Waals surface area contributed by atoms with Crippen molar-refractivity contribution in [3.8, 4) is 0 Å². The van der Waals surface area contributed by atoms with E-state index in [0.717, 1.165) is 0 Å². The fourth-order valence-corrected chi connectivity index (χ4v) is 1.50. The maximum atomic E-state index is 11.1. The van der Waals surface area contributed by atoms with Gasteiger partial charge >= 0.3 is 5.97 Å². The van der Waals surface area contributed by atoms with Crippen molar-refractivity contribution in [2.75, 3.05) is 6.61 Å². The molecule has 0 radical (unpaired) electrons. The molecule has 70 valence electrons. The molecule has 3 N–H and O–H groups in total. The minimum Gasteiger partial charge on any atom is -0.466 e. The molecule has 0 bridgehead atoms. The second kappa shape index (κ2) is 3.87. The molecule has 0 unspecified atom stereocenters. The zero-order chi connectivity index (χ0) is 9.14. The van der Waals surface area contributed by atoms with Crippen molar-refractivity contribution >= 4 is 5.97 Å². The average molecular weight is 173 g/mol. The summed E-state index contributed by atoms with van der Waals surface area (Å²) in [4.78, 5) is 11.1. The second-order valence-corrected chi connectivity index (χ2v) is 3.15. The summed E-state index contributed by atoms with van der Waals surface area (Å²) in [7, 11) is 0. The lowest BCUT2D eigenvalue weighted by atomic mass is 10.1. The normalized spacial score (nSPS) is 35.1. The Morgan fingerprint density at radius 1 is 1.67 bits per heavy atom. The molecular formula is C8H15NO3. The number of carbonyl (C=O) groups is 1. The van der Waals surface area contributed by atoms with E-state index < -0.39 is 6.10 Å². The monoisotopic (exact) mass is 173 g/mol. The zero-order valence-corrected chi connectivity index (χ0v) is 7.19. The molecule has 0 spiro atoms. The molecular weight excluding hydrogens is 158 g/mol. The minimum absolute atomic E-state index is 0.199. The lowest BCUT2D eigenvalue weighted by molar-refractivity contribution is -0.148. The van der Waals surface area contributed by atoms with Gasteiger partial charge in [-0.1, -0.05) is 0 Å². The van der Waals surface area contributed by atoms with Crippen molar-refractivity contribution < 1.29 is 14.6 Å². The van der Waals surface area contributed by atoms with E-state index in [9.17, 15) is 9.90 Å². The van der Waals surface area contributed by atoms with Crippen LogP contribution in [0.3, 0.4) is 0 Å². The van der Waals surface area contributed by atoms with Gasteiger partial charge < -0.3 is 15.6 Å². The van der Waals surface area contributed by atoms with Crippen molar-refractivity contribution in [3.63, 3.8) is 0 Å². The summed E-state index contributed by atoms with van der Waals surface area (Å²) in [5.41, 5.74) is 5.54. The molecule has 4 nitrogen and oxygen atoms in total. The van der Waals surface area contributed by atoms with Gasteiger partial charge in [0.15, 0.2) is 0 Å². The molecule has 4 heteroatoms. The Morgan fingerprint density at radius 3 is 2.75 bits per heavy atom. The van der Waals surface area contributed by atoms with E-state index in [1.807, 2.05) is 0 Å². The highest BCUT2D eigenvalue weighted by atomic mass is 16.5. The molecule has 0 amide bonds. The summed E-state index contributed by atoms with van der Waals surface area (Å²) in [5.74, 6) is -0.431. The number of aliphatic hydroxyl groups is 1. The molecule has 1 fully saturated rings. The lowest BCUT2D eigenvalue weighted by Gasteiger charge is -2.06. The number of hydrogen-bond donors (Lipinski definition) is 2. The molecule has 1 rings (SSSR count).